The molecule has 0 radical (unpaired) electrons. The number of nitro benzene ring substituents is 1. The molecular weight excluding hydrogens is 457 g/mol. The van der Waals surface area contributed by atoms with Crippen molar-refractivity contribution in [3.63, 3.8) is 0 Å². The Kier molecular flexibility index (Phi) is 6.98. The van der Waals surface area contributed by atoms with Gasteiger partial charge in [0.05, 0.1) is 17.2 Å². The average Bonchev–Trinajstić information content (AvgIpc) is 3.22. The van der Waals surface area contributed by atoms with Crippen molar-refractivity contribution in [2.45, 2.75) is 18.6 Å². The predicted molar refractivity (Wildman–Crippen MR) is 128 cm³/mol. The predicted octanol–water partition coefficient (Wildman–Crippen LogP) is 5.08. The summed E-state index contributed by atoms with van der Waals surface area (Å²) in [6, 6.07) is 20.0. The van der Waals surface area contributed by atoms with Crippen LogP contribution < -0.4 is 5.32 Å². The third-order valence-electron chi connectivity index (χ3n) is 5.03. The molecule has 0 aliphatic rings. The fourth-order valence-corrected chi connectivity index (χ4v) is 4.07. The number of hydrogen-bond acceptors (Lipinski definition) is 6. The van der Waals surface area contributed by atoms with Crippen LogP contribution in [0.15, 0.2) is 78.0 Å². The number of thioether (sulfide) groups is 1. The molecule has 0 saturated heterocycles. The van der Waals surface area contributed by atoms with Gasteiger partial charge in [0.15, 0.2) is 11.0 Å². The van der Waals surface area contributed by atoms with E-state index in [4.69, 9.17) is 0 Å². The minimum absolute atomic E-state index is 0.0350. The molecule has 1 heterocycles. The van der Waals surface area contributed by atoms with Crippen molar-refractivity contribution in [2.75, 3.05) is 11.1 Å². The summed E-state index contributed by atoms with van der Waals surface area (Å²) in [7, 11) is 0. The lowest BCUT2D eigenvalue weighted by Gasteiger charge is -2.11. The minimum atomic E-state index is -0.479. The monoisotopic (exact) mass is 477 g/mol. The smallest absolute Gasteiger partial charge is 0.269 e. The number of anilines is 1. The summed E-state index contributed by atoms with van der Waals surface area (Å²) in [5.74, 6) is 0.00968. The lowest BCUT2D eigenvalue weighted by molar-refractivity contribution is -0.384. The lowest BCUT2D eigenvalue weighted by atomic mass is 10.2. The normalized spacial score (nSPS) is 10.8. The Bertz CT molecular complexity index is 1330. The van der Waals surface area contributed by atoms with Crippen LogP contribution in [0.4, 0.5) is 15.8 Å². The van der Waals surface area contributed by atoms with E-state index in [1.54, 1.807) is 19.1 Å². The largest absolute Gasteiger partial charge is 0.325 e. The van der Waals surface area contributed by atoms with E-state index in [1.807, 2.05) is 34.9 Å². The number of halogens is 1. The van der Waals surface area contributed by atoms with Gasteiger partial charge in [-0.2, -0.15) is 0 Å². The Hall–Kier alpha value is -4.05. The second kappa shape index (κ2) is 10.3. The highest BCUT2D eigenvalue weighted by Crippen LogP contribution is 2.26. The van der Waals surface area contributed by atoms with Gasteiger partial charge in [-0.25, -0.2) is 4.39 Å². The second-order valence-electron chi connectivity index (χ2n) is 7.48. The van der Waals surface area contributed by atoms with Crippen molar-refractivity contribution in [1.29, 1.82) is 0 Å². The van der Waals surface area contributed by atoms with E-state index >= 15 is 0 Å². The highest BCUT2D eigenvalue weighted by molar-refractivity contribution is 7.99. The first-order valence-corrected chi connectivity index (χ1v) is 11.3. The van der Waals surface area contributed by atoms with E-state index in [9.17, 15) is 19.3 Å². The Balaban J connectivity index is 1.52. The average molecular weight is 478 g/mol. The molecule has 1 amide bonds. The van der Waals surface area contributed by atoms with Crippen LogP contribution in [0.25, 0.3) is 11.4 Å². The Labute approximate surface area is 199 Å². The summed E-state index contributed by atoms with van der Waals surface area (Å²) in [6.07, 6.45) is 0. The van der Waals surface area contributed by atoms with Crippen LogP contribution in [-0.4, -0.2) is 31.3 Å². The maximum atomic E-state index is 13.4. The molecule has 34 heavy (non-hydrogen) atoms. The van der Waals surface area contributed by atoms with Crippen LogP contribution in [0.3, 0.4) is 0 Å². The molecule has 8 nitrogen and oxygen atoms in total. The number of non-ortho nitro benzene ring substituents is 1. The summed E-state index contributed by atoms with van der Waals surface area (Å²) in [6.45, 7) is 2.17. The van der Waals surface area contributed by atoms with Gasteiger partial charge in [-0.15, -0.1) is 10.2 Å². The molecule has 4 rings (SSSR count). The summed E-state index contributed by atoms with van der Waals surface area (Å²) >= 11 is 1.22. The molecule has 3 aromatic carbocycles. The molecule has 0 unspecified atom stereocenters. The third-order valence-corrected chi connectivity index (χ3v) is 6.00. The van der Waals surface area contributed by atoms with Gasteiger partial charge in [-0.3, -0.25) is 19.5 Å². The molecule has 0 bridgehead atoms. The van der Waals surface area contributed by atoms with Crippen molar-refractivity contribution in [3.05, 3.63) is 99.9 Å². The molecule has 0 atom stereocenters. The van der Waals surface area contributed by atoms with Gasteiger partial charge in [-0.05, 0) is 48.4 Å². The number of rotatable bonds is 8. The van der Waals surface area contributed by atoms with E-state index in [0.717, 1.165) is 5.56 Å². The quantitative estimate of drug-likeness (QED) is 0.216. The molecule has 0 fully saturated rings. The number of nitro groups is 1. The maximum Gasteiger partial charge on any atom is 0.269 e. The molecule has 1 aromatic heterocycles. The number of nitrogens with one attached hydrogen (secondary N) is 1. The molecule has 10 heteroatoms. The van der Waals surface area contributed by atoms with Gasteiger partial charge < -0.3 is 5.32 Å². The number of nitrogens with zero attached hydrogens (tertiary/aromatic N) is 4. The minimum Gasteiger partial charge on any atom is -0.325 e. The SMILES string of the molecule is Cc1cc([N+](=O)[O-])ccc1NC(=O)CSc1nnc(-c2ccc(F)cc2)n1Cc1ccccc1. The van der Waals surface area contributed by atoms with Crippen molar-refractivity contribution in [3.8, 4) is 11.4 Å². The Morgan fingerprint density at radius 2 is 1.82 bits per heavy atom. The number of amides is 1. The lowest BCUT2D eigenvalue weighted by Crippen LogP contribution is -2.15. The van der Waals surface area contributed by atoms with E-state index in [1.165, 1.54) is 42.1 Å². The molecule has 0 saturated carbocycles. The van der Waals surface area contributed by atoms with E-state index < -0.39 is 4.92 Å². The summed E-state index contributed by atoms with van der Waals surface area (Å²) < 4.78 is 15.3. The summed E-state index contributed by atoms with van der Waals surface area (Å²) in [4.78, 5) is 23.0. The fraction of sp³-hybridized carbons (Fsp3) is 0.125. The first-order chi connectivity index (χ1) is 16.4. The highest BCUT2D eigenvalue weighted by atomic mass is 32.2. The number of aromatic nitrogens is 3. The zero-order valence-corrected chi connectivity index (χ0v) is 19.0. The van der Waals surface area contributed by atoms with Crippen molar-refractivity contribution >= 4 is 29.0 Å². The second-order valence-corrected chi connectivity index (χ2v) is 8.42. The fourth-order valence-electron chi connectivity index (χ4n) is 3.33. The zero-order chi connectivity index (χ0) is 24.1. The Morgan fingerprint density at radius 1 is 1.09 bits per heavy atom. The maximum absolute atomic E-state index is 13.4. The van der Waals surface area contributed by atoms with Gasteiger partial charge in [0.1, 0.15) is 5.82 Å². The van der Waals surface area contributed by atoms with Gasteiger partial charge in [0, 0.05) is 23.4 Å². The Morgan fingerprint density at radius 3 is 2.50 bits per heavy atom. The number of benzene rings is 3. The van der Waals surface area contributed by atoms with Crippen LogP contribution >= 0.6 is 11.8 Å². The van der Waals surface area contributed by atoms with Crippen LogP contribution in [0.2, 0.25) is 0 Å². The van der Waals surface area contributed by atoms with Gasteiger partial charge >= 0.3 is 0 Å². The van der Waals surface area contributed by atoms with E-state index in [-0.39, 0.29) is 23.2 Å². The standard InChI is InChI=1S/C24H20FN5O3S/c1-16-13-20(30(32)33)11-12-21(16)26-22(31)15-34-24-28-27-23(18-7-9-19(25)10-8-18)29(24)14-17-5-3-2-4-6-17/h2-13H,14-15H2,1H3,(H,26,31). The van der Waals surface area contributed by atoms with Crippen molar-refractivity contribution in [1.82, 2.24) is 14.8 Å². The van der Waals surface area contributed by atoms with Gasteiger partial charge in [0.25, 0.3) is 5.69 Å². The number of hydrogen-bond donors (Lipinski definition) is 1. The molecule has 4 aromatic rings. The highest BCUT2D eigenvalue weighted by Gasteiger charge is 2.17. The van der Waals surface area contributed by atoms with Gasteiger partial charge in [-0.1, -0.05) is 42.1 Å². The van der Waals surface area contributed by atoms with E-state index in [0.29, 0.717) is 34.3 Å². The topological polar surface area (TPSA) is 103 Å². The van der Waals surface area contributed by atoms with Crippen LogP contribution in [-0.2, 0) is 11.3 Å². The van der Waals surface area contributed by atoms with Gasteiger partial charge in [0.2, 0.25) is 5.91 Å². The molecule has 0 aliphatic carbocycles. The summed E-state index contributed by atoms with van der Waals surface area (Å²) in [5.41, 5.74) is 2.81. The number of carbonyl (C=O) groups is 1. The molecule has 0 aliphatic heterocycles. The molecule has 0 spiro atoms. The zero-order valence-electron chi connectivity index (χ0n) is 18.1. The van der Waals surface area contributed by atoms with Crippen LogP contribution in [0.1, 0.15) is 11.1 Å². The van der Waals surface area contributed by atoms with Crippen LogP contribution in [0.5, 0.6) is 0 Å². The third kappa shape index (κ3) is 5.46. The number of carbonyl (C=O) groups excluding carboxylic acids is 1. The first kappa shape index (κ1) is 23.1. The molecule has 1 N–H and O–H groups in total. The van der Waals surface area contributed by atoms with E-state index in [2.05, 4.69) is 15.5 Å². The molecular formula is C24H20FN5O3S. The van der Waals surface area contributed by atoms with Crippen molar-refractivity contribution < 1.29 is 14.1 Å². The molecule has 172 valence electrons. The number of aryl methyl sites for hydroxylation is 1. The summed E-state index contributed by atoms with van der Waals surface area (Å²) in [5, 5.41) is 22.8. The van der Waals surface area contributed by atoms with Crippen LogP contribution in [0, 0.1) is 22.9 Å². The van der Waals surface area contributed by atoms with Crippen molar-refractivity contribution in [2.24, 2.45) is 0 Å². The first-order valence-electron chi connectivity index (χ1n) is 10.3.